The molecule has 17 heavy (non-hydrogen) atoms. The van der Waals surface area contributed by atoms with Crippen molar-refractivity contribution in [1.82, 2.24) is 0 Å². The number of piperidine rings is 1. The summed E-state index contributed by atoms with van der Waals surface area (Å²) in [5.41, 5.74) is 1.58. The van der Waals surface area contributed by atoms with Crippen LogP contribution < -0.4 is 4.90 Å². The first-order valence-corrected chi connectivity index (χ1v) is 6.87. The normalized spacial score (nSPS) is 20.6. The molecule has 2 rings (SSSR count). The molecule has 1 nitrogen and oxygen atoms in total. The van der Waals surface area contributed by atoms with Crippen LogP contribution in [0.3, 0.4) is 0 Å². The lowest BCUT2D eigenvalue weighted by Gasteiger charge is -2.34. The highest BCUT2D eigenvalue weighted by molar-refractivity contribution is 6.17. The van der Waals surface area contributed by atoms with Crippen molar-refractivity contribution in [3.63, 3.8) is 0 Å². The van der Waals surface area contributed by atoms with Gasteiger partial charge >= 0.3 is 0 Å². The number of hydrogen-bond donors (Lipinski definition) is 0. The molecule has 3 heteroatoms. The average molecular weight is 256 g/mol. The fourth-order valence-electron chi connectivity index (χ4n) is 2.51. The van der Waals surface area contributed by atoms with Gasteiger partial charge in [-0.05, 0) is 36.5 Å². The highest BCUT2D eigenvalue weighted by atomic mass is 35.5. The first kappa shape index (κ1) is 12.7. The Hall–Kier alpha value is -0.760. The van der Waals surface area contributed by atoms with E-state index in [9.17, 15) is 4.39 Å². The van der Waals surface area contributed by atoms with Crippen molar-refractivity contribution in [1.29, 1.82) is 0 Å². The van der Waals surface area contributed by atoms with E-state index in [0.29, 0.717) is 11.8 Å². The second-order valence-electron chi connectivity index (χ2n) is 4.78. The highest BCUT2D eigenvalue weighted by Gasteiger charge is 2.20. The lowest BCUT2D eigenvalue weighted by Crippen LogP contribution is -2.35. The number of halogens is 2. The number of rotatable bonds is 3. The van der Waals surface area contributed by atoms with Gasteiger partial charge in [0.2, 0.25) is 0 Å². The molecule has 1 atom stereocenters. The molecule has 0 spiro atoms. The summed E-state index contributed by atoms with van der Waals surface area (Å²) >= 11 is 5.70. The zero-order chi connectivity index (χ0) is 12.3. The van der Waals surface area contributed by atoms with E-state index in [-0.39, 0.29) is 5.82 Å². The molecule has 0 amide bonds. The van der Waals surface area contributed by atoms with Crippen molar-refractivity contribution >= 4 is 17.3 Å². The van der Waals surface area contributed by atoms with Gasteiger partial charge in [0.1, 0.15) is 5.82 Å². The van der Waals surface area contributed by atoms with E-state index >= 15 is 0 Å². The van der Waals surface area contributed by atoms with Crippen LogP contribution >= 0.6 is 11.6 Å². The van der Waals surface area contributed by atoms with E-state index < -0.39 is 0 Å². The van der Waals surface area contributed by atoms with Gasteiger partial charge in [-0.1, -0.05) is 19.4 Å². The summed E-state index contributed by atoms with van der Waals surface area (Å²) in [6, 6.07) is 5.34. The number of hydrogen-bond acceptors (Lipinski definition) is 1. The van der Waals surface area contributed by atoms with Gasteiger partial charge < -0.3 is 4.90 Å². The van der Waals surface area contributed by atoms with Gasteiger partial charge in [0, 0.05) is 19.0 Å². The Bertz CT molecular complexity index is 380. The minimum Gasteiger partial charge on any atom is -0.369 e. The Labute approximate surface area is 108 Å². The van der Waals surface area contributed by atoms with Crippen LogP contribution in [0, 0.1) is 11.7 Å². The van der Waals surface area contributed by atoms with Crippen molar-refractivity contribution in [2.75, 3.05) is 18.0 Å². The Morgan fingerprint density at radius 1 is 1.47 bits per heavy atom. The first-order valence-electron chi connectivity index (χ1n) is 6.34. The van der Waals surface area contributed by atoms with Crippen LogP contribution in [-0.2, 0) is 5.88 Å². The molecule has 0 radical (unpaired) electrons. The minimum absolute atomic E-state index is 0.139. The highest BCUT2D eigenvalue weighted by Crippen LogP contribution is 2.27. The monoisotopic (exact) mass is 255 g/mol. The summed E-state index contributed by atoms with van der Waals surface area (Å²) in [6.07, 6.45) is 3.61. The lowest BCUT2D eigenvalue weighted by molar-refractivity contribution is 0.401. The maximum Gasteiger partial charge on any atom is 0.146 e. The summed E-state index contributed by atoms with van der Waals surface area (Å²) in [4.78, 5) is 2.17. The molecule has 0 aliphatic carbocycles. The van der Waals surface area contributed by atoms with Crippen molar-refractivity contribution in [2.45, 2.75) is 32.1 Å². The fraction of sp³-hybridized carbons (Fsp3) is 0.571. The minimum atomic E-state index is -0.139. The zero-order valence-corrected chi connectivity index (χ0v) is 11.0. The van der Waals surface area contributed by atoms with E-state index in [1.807, 2.05) is 12.1 Å². The van der Waals surface area contributed by atoms with Crippen LogP contribution in [0.25, 0.3) is 0 Å². The molecule has 1 aliphatic rings. The molecule has 94 valence electrons. The summed E-state index contributed by atoms with van der Waals surface area (Å²) in [7, 11) is 0. The topological polar surface area (TPSA) is 3.24 Å². The average Bonchev–Trinajstić information content (AvgIpc) is 2.38. The predicted octanol–water partition coefficient (Wildman–Crippen LogP) is 4.19. The van der Waals surface area contributed by atoms with Crippen LogP contribution in [0.5, 0.6) is 0 Å². The summed E-state index contributed by atoms with van der Waals surface area (Å²) in [5.74, 6) is 0.935. The zero-order valence-electron chi connectivity index (χ0n) is 10.3. The van der Waals surface area contributed by atoms with Crippen molar-refractivity contribution in [3.8, 4) is 0 Å². The van der Waals surface area contributed by atoms with Crippen LogP contribution in [0.1, 0.15) is 31.7 Å². The van der Waals surface area contributed by atoms with E-state index in [2.05, 4.69) is 11.8 Å². The lowest BCUT2D eigenvalue weighted by atomic mass is 9.95. The van der Waals surface area contributed by atoms with E-state index in [4.69, 9.17) is 11.6 Å². The quantitative estimate of drug-likeness (QED) is 0.732. The summed E-state index contributed by atoms with van der Waals surface area (Å²) < 4.78 is 14.0. The smallest absolute Gasteiger partial charge is 0.146 e. The third-order valence-electron chi connectivity index (χ3n) is 3.60. The van der Waals surface area contributed by atoms with Crippen LogP contribution in [0.15, 0.2) is 18.2 Å². The first-order chi connectivity index (χ1) is 8.24. The molecule has 1 aromatic rings. The van der Waals surface area contributed by atoms with Crippen molar-refractivity contribution < 1.29 is 4.39 Å². The van der Waals surface area contributed by atoms with Gasteiger partial charge in [-0.15, -0.1) is 11.6 Å². The van der Waals surface area contributed by atoms with Crippen LogP contribution in [-0.4, -0.2) is 13.1 Å². The second-order valence-corrected chi connectivity index (χ2v) is 5.05. The number of alkyl halides is 1. The van der Waals surface area contributed by atoms with E-state index in [1.165, 1.54) is 12.8 Å². The largest absolute Gasteiger partial charge is 0.369 e. The number of benzene rings is 1. The third-order valence-corrected chi connectivity index (χ3v) is 3.91. The van der Waals surface area contributed by atoms with E-state index in [1.54, 1.807) is 6.07 Å². The molecule has 1 heterocycles. The summed E-state index contributed by atoms with van der Waals surface area (Å²) in [5, 5.41) is 0. The molecule has 0 saturated carbocycles. The SMILES string of the molecule is CCC1CCCN(c2ccc(CCl)cc2F)C1. The van der Waals surface area contributed by atoms with Gasteiger partial charge in [-0.3, -0.25) is 0 Å². The van der Waals surface area contributed by atoms with Gasteiger partial charge in [-0.25, -0.2) is 4.39 Å². The predicted molar refractivity (Wildman–Crippen MR) is 71.2 cm³/mol. The molecule has 1 saturated heterocycles. The molecule has 0 bridgehead atoms. The van der Waals surface area contributed by atoms with Crippen LogP contribution in [0.2, 0.25) is 0 Å². The molecule has 1 aromatic carbocycles. The molecule has 0 N–H and O–H groups in total. The number of nitrogens with zero attached hydrogens (tertiary/aromatic N) is 1. The molecular weight excluding hydrogens is 237 g/mol. The Balaban J connectivity index is 2.16. The Morgan fingerprint density at radius 3 is 2.94 bits per heavy atom. The van der Waals surface area contributed by atoms with Gasteiger partial charge in [0.05, 0.1) is 5.69 Å². The molecule has 1 aliphatic heterocycles. The number of anilines is 1. The van der Waals surface area contributed by atoms with Gasteiger partial charge in [-0.2, -0.15) is 0 Å². The molecule has 1 fully saturated rings. The molecule has 0 aromatic heterocycles. The Morgan fingerprint density at radius 2 is 2.29 bits per heavy atom. The fourth-order valence-corrected chi connectivity index (χ4v) is 2.67. The second kappa shape index (κ2) is 5.72. The maximum atomic E-state index is 14.0. The van der Waals surface area contributed by atoms with Crippen molar-refractivity contribution in [3.05, 3.63) is 29.6 Å². The van der Waals surface area contributed by atoms with Gasteiger partial charge in [0.25, 0.3) is 0 Å². The molecule has 1 unspecified atom stereocenters. The van der Waals surface area contributed by atoms with Gasteiger partial charge in [0.15, 0.2) is 0 Å². The summed E-state index contributed by atoms with van der Waals surface area (Å²) in [6.45, 7) is 4.16. The standard InChI is InChI=1S/C14H19ClFN/c1-2-11-4-3-7-17(10-11)14-6-5-12(9-15)8-13(14)16/h5-6,8,11H,2-4,7,9-10H2,1H3. The van der Waals surface area contributed by atoms with Crippen molar-refractivity contribution in [2.24, 2.45) is 5.92 Å². The Kier molecular flexibility index (Phi) is 4.27. The molecular formula is C14H19ClFN. The van der Waals surface area contributed by atoms with Crippen LogP contribution in [0.4, 0.5) is 10.1 Å². The third kappa shape index (κ3) is 2.92. The maximum absolute atomic E-state index is 14.0. The van der Waals surface area contributed by atoms with E-state index in [0.717, 1.165) is 30.8 Å².